The summed E-state index contributed by atoms with van der Waals surface area (Å²) in [6, 6.07) is 7.05. The van der Waals surface area contributed by atoms with Gasteiger partial charge in [0, 0.05) is 29.8 Å². The van der Waals surface area contributed by atoms with Crippen molar-refractivity contribution >= 4 is 17.5 Å². The Morgan fingerprint density at radius 3 is 2.52 bits per heavy atom. The number of hydrogen-bond donors (Lipinski definition) is 3. The minimum atomic E-state index is -0.137. The number of rotatable bonds is 7. The summed E-state index contributed by atoms with van der Waals surface area (Å²) >= 11 is 0. The van der Waals surface area contributed by atoms with Gasteiger partial charge in [-0.2, -0.15) is 0 Å². The smallest absolute Gasteiger partial charge is 0.251 e. The molecule has 21 heavy (non-hydrogen) atoms. The van der Waals surface area contributed by atoms with Gasteiger partial charge >= 0.3 is 0 Å². The number of benzene rings is 1. The first-order chi connectivity index (χ1) is 9.93. The zero-order valence-corrected chi connectivity index (χ0v) is 13.2. The number of amides is 2. The molecule has 0 aliphatic rings. The molecule has 0 spiro atoms. The third-order valence-corrected chi connectivity index (χ3v) is 2.96. The summed E-state index contributed by atoms with van der Waals surface area (Å²) in [5, 5.41) is 8.81. The van der Waals surface area contributed by atoms with Crippen molar-refractivity contribution in [1.82, 2.24) is 10.6 Å². The Kier molecular flexibility index (Phi) is 6.88. The maximum atomic E-state index is 12.0. The van der Waals surface area contributed by atoms with Crippen LogP contribution in [0.5, 0.6) is 0 Å². The van der Waals surface area contributed by atoms with Crippen molar-refractivity contribution < 1.29 is 9.59 Å². The van der Waals surface area contributed by atoms with E-state index in [-0.39, 0.29) is 23.8 Å². The predicted octanol–water partition coefficient (Wildman–Crippen LogP) is 2.01. The molecule has 0 bridgehead atoms. The normalized spacial score (nSPS) is 12.0. The van der Waals surface area contributed by atoms with Crippen LogP contribution in [0.1, 0.15) is 38.1 Å². The SMILES string of the molecule is CCNCC(C)C(=O)Nc1cccc(C(=O)NC(C)C)c1. The molecule has 0 aromatic heterocycles. The van der Waals surface area contributed by atoms with E-state index in [1.165, 1.54) is 0 Å². The average molecular weight is 291 g/mol. The number of nitrogens with one attached hydrogen (secondary N) is 3. The minimum Gasteiger partial charge on any atom is -0.350 e. The van der Waals surface area contributed by atoms with Crippen molar-refractivity contribution in [3.63, 3.8) is 0 Å². The van der Waals surface area contributed by atoms with Gasteiger partial charge in [0.15, 0.2) is 0 Å². The lowest BCUT2D eigenvalue weighted by Gasteiger charge is -2.13. The van der Waals surface area contributed by atoms with Gasteiger partial charge in [0.05, 0.1) is 0 Å². The molecule has 1 atom stereocenters. The summed E-state index contributed by atoms with van der Waals surface area (Å²) in [6.07, 6.45) is 0. The molecule has 1 aromatic rings. The van der Waals surface area contributed by atoms with E-state index in [4.69, 9.17) is 0 Å². The zero-order chi connectivity index (χ0) is 15.8. The molecular weight excluding hydrogens is 266 g/mol. The van der Waals surface area contributed by atoms with Gasteiger partial charge in [0.2, 0.25) is 5.91 Å². The number of anilines is 1. The molecular formula is C16H25N3O2. The van der Waals surface area contributed by atoms with Gasteiger partial charge in [-0.3, -0.25) is 9.59 Å². The summed E-state index contributed by atoms with van der Waals surface area (Å²) in [7, 11) is 0. The Morgan fingerprint density at radius 2 is 1.90 bits per heavy atom. The van der Waals surface area contributed by atoms with Gasteiger partial charge in [0.25, 0.3) is 5.91 Å². The van der Waals surface area contributed by atoms with Crippen LogP contribution < -0.4 is 16.0 Å². The molecule has 1 rings (SSSR count). The van der Waals surface area contributed by atoms with Crippen molar-refractivity contribution in [2.24, 2.45) is 5.92 Å². The standard InChI is InChI=1S/C16H25N3O2/c1-5-17-10-12(4)15(20)19-14-8-6-7-13(9-14)16(21)18-11(2)3/h6-9,11-12,17H,5,10H2,1-4H3,(H,18,21)(H,19,20). The Bertz CT molecular complexity index is 486. The van der Waals surface area contributed by atoms with E-state index in [1.54, 1.807) is 24.3 Å². The molecule has 2 amide bonds. The number of hydrogen-bond acceptors (Lipinski definition) is 3. The highest BCUT2D eigenvalue weighted by molar-refractivity contribution is 5.97. The molecule has 0 fully saturated rings. The molecule has 0 aliphatic heterocycles. The third kappa shape index (κ3) is 5.95. The van der Waals surface area contributed by atoms with E-state index >= 15 is 0 Å². The summed E-state index contributed by atoms with van der Waals surface area (Å²) in [6.45, 7) is 9.16. The van der Waals surface area contributed by atoms with Crippen molar-refractivity contribution in [3.8, 4) is 0 Å². The van der Waals surface area contributed by atoms with Gasteiger partial charge < -0.3 is 16.0 Å². The summed E-state index contributed by atoms with van der Waals surface area (Å²) in [5.74, 6) is -0.322. The molecule has 0 radical (unpaired) electrons. The second-order valence-electron chi connectivity index (χ2n) is 5.41. The fourth-order valence-corrected chi connectivity index (χ4v) is 1.80. The third-order valence-electron chi connectivity index (χ3n) is 2.96. The van der Waals surface area contributed by atoms with E-state index in [0.717, 1.165) is 6.54 Å². The Morgan fingerprint density at radius 1 is 1.19 bits per heavy atom. The maximum Gasteiger partial charge on any atom is 0.251 e. The van der Waals surface area contributed by atoms with E-state index in [9.17, 15) is 9.59 Å². The average Bonchev–Trinajstić information content (AvgIpc) is 2.44. The summed E-state index contributed by atoms with van der Waals surface area (Å²) < 4.78 is 0. The monoisotopic (exact) mass is 291 g/mol. The fourth-order valence-electron chi connectivity index (χ4n) is 1.80. The van der Waals surface area contributed by atoms with E-state index in [0.29, 0.717) is 17.8 Å². The molecule has 1 unspecified atom stereocenters. The zero-order valence-electron chi connectivity index (χ0n) is 13.2. The van der Waals surface area contributed by atoms with Crippen molar-refractivity contribution in [2.75, 3.05) is 18.4 Å². The summed E-state index contributed by atoms with van der Waals surface area (Å²) in [4.78, 5) is 24.0. The highest BCUT2D eigenvalue weighted by Gasteiger charge is 2.13. The molecule has 0 saturated heterocycles. The second kappa shape index (κ2) is 8.42. The lowest BCUT2D eigenvalue weighted by molar-refractivity contribution is -0.119. The number of carbonyl (C=O) groups is 2. The van der Waals surface area contributed by atoms with E-state index in [1.807, 2.05) is 27.7 Å². The largest absolute Gasteiger partial charge is 0.350 e. The van der Waals surface area contributed by atoms with Crippen LogP contribution in [-0.2, 0) is 4.79 Å². The highest BCUT2D eigenvalue weighted by atomic mass is 16.2. The first-order valence-electron chi connectivity index (χ1n) is 7.36. The van der Waals surface area contributed by atoms with Crippen LogP contribution >= 0.6 is 0 Å². The van der Waals surface area contributed by atoms with Gasteiger partial charge in [0.1, 0.15) is 0 Å². The molecule has 5 nitrogen and oxygen atoms in total. The van der Waals surface area contributed by atoms with Crippen LogP contribution in [0.3, 0.4) is 0 Å². The van der Waals surface area contributed by atoms with Crippen LogP contribution in [0.4, 0.5) is 5.69 Å². The van der Waals surface area contributed by atoms with Gasteiger partial charge in [-0.05, 0) is 38.6 Å². The van der Waals surface area contributed by atoms with Gasteiger partial charge in [-0.25, -0.2) is 0 Å². The van der Waals surface area contributed by atoms with E-state index < -0.39 is 0 Å². The maximum absolute atomic E-state index is 12.0. The first-order valence-corrected chi connectivity index (χ1v) is 7.36. The number of carbonyl (C=O) groups excluding carboxylic acids is 2. The molecule has 1 aromatic carbocycles. The lowest BCUT2D eigenvalue weighted by atomic mass is 10.1. The van der Waals surface area contributed by atoms with Gasteiger partial charge in [-0.15, -0.1) is 0 Å². The van der Waals surface area contributed by atoms with Crippen LogP contribution in [0.15, 0.2) is 24.3 Å². The Hall–Kier alpha value is -1.88. The molecule has 116 valence electrons. The van der Waals surface area contributed by atoms with Crippen molar-refractivity contribution in [3.05, 3.63) is 29.8 Å². The second-order valence-corrected chi connectivity index (χ2v) is 5.41. The Balaban J connectivity index is 2.68. The van der Waals surface area contributed by atoms with E-state index in [2.05, 4.69) is 16.0 Å². The topological polar surface area (TPSA) is 70.2 Å². The molecule has 0 aliphatic carbocycles. The quantitative estimate of drug-likeness (QED) is 0.719. The van der Waals surface area contributed by atoms with Crippen LogP contribution in [-0.4, -0.2) is 30.9 Å². The summed E-state index contributed by atoms with van der Waals surface area (Å²) in [5.41, 5.74) is 1.18. The minimum absolute atomic E-state index is 0.0580. The van der Waals surface area contributed by atoms with Crippen LogP contribution in [0.2, 0.25) is 0 Å². The highest BCUT2D eigenvalue weighted by Crippen LogP contribution is 2.12. The molecule has 0 heterocycles. The fraction of sp³-hybridized carbons (Fsp3) is 0.500. The Labute approximate surface area is 126 Å². The molecule has 3 N–H and O–H groups in total. The van der Waals surface area contributed by atoms with Gasteiger partial charge in [-0.1, -0.05) is 19.9 Å². The van der Waals surface area contributed by atoms with Crippen LogP contribution in [0.25, 0.3) is 0 Å². The predicted molar refractivity (Wildman–Crippen MR) is 85.4 cm³/mol. The van der Waals surface area contributed by atoms with Crippen molar-refractivity contribution in [2.45, 2.75) is 33.7 Å². The molecule has 5 heteroatoms. The van der Waals surface area contributed by atoms with Crippen molar-refractivity contribution in [1.29, 1.82) is 0 Å². The van der Waals surface area contributed by atoms with Crippen LogP contribution in [0, 0.1) is 5.92 Å². The first kappa shape index (κ1) is 17.2. The lowest BCUT2D eigenvalue weighted by Crippen LogP contribution is -2.31. The molecule has 0 saturated carbocycles.